The Balaban J connectivity index is 1.87. The average Bonchev–Trinajstić information content (AvgIpc) is 2.27. The molecule has 4 nitrogen and oxygen atoms in total. The van der Waals surface area contributed by atoms with Gasteiger partial charge in [0.15, 0.2) is 0 Å². The number of hydrogen-bond donors (Lipinski definition) is 1. The van der Waals surface area contributed by atoms with Gasteiger partial charge in [-0.25, -0.2) is 4.79 Å². The van der Waals surface area contributed by atoms with E-state index in [1.807, 2.05) is 37.3 Å². The van der Waals surface area contributed by atoms with Gasteiger partial charge in [-0.3, -0.25) is 9.69 Å². The maximum Gasteiger partial charge on any atom is 0.324 e. The quantitative estimate of drug-likeness (QED) is 0.765. The number of rotatable bonds is 2. The number of urea groups is 1. The predicted octanol–water partition coefficient (Wildman–Crippen LogP) is 1.52. The van der Waals surface area contributed by atoms with Crippen LogP contribution in [0.1, 0.15) is 18.9 Å². The molecule has 1 aromatic rings. The number of carbonyl (C=O) groups excluding carboxylic acids is 2. The van der Waals surface area contributed by atoms with Gasteiger partial charge < -0.3 is 5.32 Å². The highest BCUT2D eigenvalue weighted by Crippen LogP contribution is 2.18. The number of amides is 3. The smallest absolute Gasteiger partial charge is 0.324 e. The van der Waals surface area contributed by atoms with Crippen LogP contribution in [0.2, 0.25) is 0 Å². The molecule has 0 radical (unpaired) electrons. The molecule has 4 heteroatoms. The van der Waals surface area contributed by atoms with Gasteiger partial charge in [0, 0.05) is 19.0 Å². The number of nitrogens with zero attached hydrogens (tertiary/aromatic N) is 1. The summed E-state index contributed by atoms with van der Waals surface area (Å²) in [7, 11) is 0. The largest absolute Gasteiger partial charge is 0.334 e. The lowest BCUT2D eigenvalue weighted by Gasteiger charge is -2.35. The van der Waals surface area contributed by atoms with E-state index in [0.29, 0.717) is 13.0 Å². The Bertz CT molecular complexity index is 403. The van der Waals surface area contributed by atoms with E-state index in [2.05, 4.69) is 5.32 Å². The molecule has 0 saturated carbocycles. The first-order valence-electron chi connectivity index (χ1n) is 5.32. The van der Waals surface area contributed by atoms with Crippen LogP contribution in [0.5, 0.6) is 0 Å². The van der Waals surface area contributed by atoms with Crippen molar-refractivity contribution < 1.29 is 9.59 Å². The van der Waals surface area contributed by atoms with Crippen LogP contribution in [0, 0.1) is 0 Å². The number of likely N-dealkylation sites (tertiary alicyclic amines) is 1. The van der Waals surface area contributed by atoms with Crippen LogP contribution in [0.3, 0.4) is 0 Å². The van der Waals surface area contributed by atoms with E-state index in [1.54, 1.807) is 0 Å². The Labute approximate surface area is 94.2 Å². The minimum Gasteiger partial charge on any atom is -0.334 e. The monoisotopic (exact) mass is 218 g/mol. The van der Waals surface area contributed by atoms with E-state index >= 15 is 0 Å². The molecule has 1 heterocycles. The number of carbonyl (C=O) groups is 2. The van der Waals surface area contributed by atoms with Gasteiger partial charge in [-0.05, 0) is 12.5 Å². The van der Waals surface area contributed by atoms with Crippen molar-refractivity contribution in [3.05, 3.63) is 35.9 Å². The van der Waals surface area contributed by atoms with Crippen molar-refractivity contribution >= 4 is 11.9 Å². The molecule has 1 atom stereocenters. The number of benzene rings is 1. The molecule has 0 aliphatic carbocycles. The molecule has 2 rings (SSSR count). The summed E-state index contributed by atoms with van der Waals surface area (Å²) in [6, 6.07) is 9.35. The van der Waals surface area contributed by atoms with Gasteiger partial charge >= 0.3 is 6.03 Å². The van der Waals surface area contributed by atoms with Gasteiger partial charge in [0.1, 0.15) is 0 Å². The van der Waals surface area contributed by atoms with Crippen LogP contribution in [-0.4, -0.2) is 22.9 Å². The number of β-lactam (4-membered cyclic amide) rings is 1. The van der Waals surface area contributed by atoms with Gasteiger partial charge in [0.2, 0.25) is 5.91 Å². The zero-order valence-corrected chi connectivity index (χ0v) is 9.14. The van der Waals surface area contributed by atoms with Crippen LogP contribution < -0.4 is 5.32 Å². The zero-order valence-electron chi connectivity index (χ0n) is 9.14. The lowest BCUT2D eigenvalue weighted by Crippen LogP contribution is -2.57. The summed E-state index contributed by atoms with van der Waals surface area (Å²) in [4.78, 5) is 24.0. The fourth-order valence-electron chi connectivity index (χ4n) is 1.75. The van der Waals surface area contributed by atoms with Crippen molar-refractivity contribution in [1.29, 1.82) is 0 Å². The molecule has 1 saturated heterocycles. The second-order valence-electron chi connectivity index (χ2n) is 3.96. The minimum atomic E-state index is -0.299. The molecule has 0 spiro atoms. The lowest BCUT2D eigenvalue weighted by molar-refractivity contribution is -0.139. The van der Waals surface area contributed by atoms with Crippen molar-refractivity contribution in [3.8, 4) is 0 Å². The highest BCUT2D eigenvalue weighted by molar-refractivity contribution is 5.99. The Morgan fingerprint density at radius 3 is 2.69 bits per heavy atom. The first kappa shape index (κ1) is 10.7. The standard InChI is InChI=1S/C12H14N2O2/c1-9-7-11(15)14(9)12(16)13-8-10-5-3-2-4-6-10/h2-6,9H,7-8H2,1H3,(H,13,16)/t9-/m1/s1. The van der Waals surface area contributed by atoms with E-state index < -0.39 is 0 Å². The van der Waals surface area contributed by atoms with Crippen molar-refractivity contribution in [3.63, 3.8) is 0 Å². The number of imide groups is 1. The van der Waals surface area contributed by atoms with Crippen LogP contribution in [-0.2, 0) is 11.3 Å². The highest BCUT2D eigenvalue weighted by Gasteiger charge is 2.37. The van der Waals surface area contributed by atoms with Crippen LogP contribution in [0.25, 0.3) is 0 Å². The maximum absolute atomic E-state index is 11.6. The van der Waals surface area contributed by atoms with Crippen LogP contribution >= 0.6 is 0 Å². The molecule has 16 heavy (non-hydrogen) atoms. The molecule has 1 aliphatic rings. The van der Waals surface area contributed by atoms with Crippen LogP contribution in [0.4, 0.5) is 4.79 Å². The predicted molar refractivity (Wildman–Crippen MR) is 59.6 cm³/mol. The van der Waals surface area contributed by atoms with Gasteiger partial charge in [-0.1, -0.05) is 30.3 Å². The molecule has 1 fully saturated rings. The van der Waals surface area contributed by atoms with Gasteiger partial charge in [-0.2, -0.15) is 0 Å². The first-order chi connectivity index (χ1) is 7.68. The molecule has 1 N–H and O–H groups in total. The highest BCUT2D eigenvalue weighted by atomic mass is 16.2. The Hall–Kier alpha value is -1.84. The summed E-state index contributed by atoms with van der Waals surface area (Å²) in [6.07, 6.45) is 0.471. The zero-order chi connectivity index (χ0) is 11.5. The summed E-state index contributed by atoms with van der Waals surface area (Å²) in [5.74, 6) is -0.0990. The van der Waals surface area contributed by atoms with Gasteiger partial charge in [0.25, 0.3) is 0 Å². The average molecular weight is 218 g/mol. The summed E-state index contributed by atoms with van der Waals surface area (Å²) >= 11 is 0. The van der Waals surface area contributed by atoms with E-state index in [-0.39, 0.29) is 18.0 Å². The molecule has 1 aliphatic heterocycles. The number of nitrogens with one attached hydrogen (secondary N) is 1. The molecule has 3 amide bonds. The third-order valence-electron chi connectivity index (χ3n) is 2.68. The molecular formula is C12H14N2O2. The Kier molecular flexibility index (Phi) is 2.90. The number of hydrogen-bond acceptors (Lipinski definition) is 2. The SMILES string of the molecule is C[C@@H]1CC(=O)N1C(=O)NCc1ccccc1. The van der Waals surface area contributed by atoms with E-state index in [9.17, 15) is 9.59 Å². The summed E-state index contributed by atoms with van der Waals surface area (Å²) in [6.45, 7) is 2.32. The molecular weight excluding hydrogens is 204 g/mol. The third-order valence-corrected chi connectivity index (χ3v) is 2.68. The molecule has 84 valence electrons. The lowest BCUT2D eigenvalue weighted by atomic mass is 10.1. The summed E-state index contributed by atoms with van der Waals surface area (Å²) in [5, 5.41) is 2.73. The Morgan fingerprint density at radius 1 is 1.44 bits per heavy atom. The van der Waals surface area contributed by atoms with E-state index in [0.717, 1.165) is 5.56 Å². The third kappa shape index (κ3) is 2.05. The second kappa shape index (κ2) is 4.35. The first-order valence-corrected chi connectivity index (χ1v) is 5.32. The molecule has 1 aromatic carbocycles. The normalized spacial score (nSPS) is 19.2. The molecule has 0 bridgehead atoms. The fourth-order valence-corrected chi connectivity index (χ4v) is 1.75. The Morgan fingerprint density at radius 2 is 2.12 bits per heavy atom. The van der Waals surface area contributed by atoms with Gasteiger partial charge in [-0.15, -0.1) is 0 Å². The minimum absolute atomic E-state index is 0.0308. The second-order valence-corrected chi connectivity index (χ2v) is 3.96. The van der Waals surface area contributed by atoms with Crippen molar-refractivity contribution in [1.82, 2.24) is 10.2 Å². The maximum atomic E-state index is 11.6. The van der Waals surface area contributed by atoms with E-state index in [1.165, 1.54) is 4.90 Å². The van der Waals surface area contributed by atoms with Gasteiger partial charge in [0.05, 0.1) is 0 Å². The van der Waals surface area contributed by atoms with Crippen molar-refractivity contribution in [2.24, 2.45) is 0 Å². The molecule has 0 unspecified atom stereocenters. The van der Waals surface area contributed by atoms with E-state index in [4.69, 9.17) is 0 Å². The van der Waals surface area contributed by atoms with Crippen LogP contribution in [0.15, 0.2) is 30.3 Å². The summed E-state index contributed by atoms with van der Waals surface area (Å²) < 4.78 is 0. The topological polar surface area (TPSA) is 49.4 Å². The molecule has 0 aromatic heterocycles. The van der Waals surface area contributed by atoms with Crippen molar-refractivity contribution in [2.45, 2.75) is 25.9 Å². The summed E-state index contributed by atoms with van der Waals surface area (Å²) in [5.41, 5.74) is 1.02. The fraction of sp³-hybridized carbons (Fsp3) is 0.333. The van der Waals surface area contributed by atoms with Crippen molar-refractivity contribution in [2.75, 3.05) is 0 Å².